The van der Waals surface area contributed by atoms with E-state index in [-0.39, 0.29) is 5.91 Å². The van der Waals surface area contributed by atoms with Crippen LogP contribution < -0.4 is 10.2 Å². The Kier molecular flexibility index (Phi) is 6.19. The molecular formula is C19H21Cl2N3O. The number of carbonyl (C=O) groups is 1. The van der Waals surface area contributed by atoms with Crippen molar-refractivity contribution in [1.82, 2.24) is 4.90 Å². The number of rotatable bonds is 5. The van der Waals surface area contributed by atoms with Crippen molar-refractivity contribution in [1.29, 1.82) is 0 Å². The standard InChI is InChI=1S/C19H21Cl2N3O/c20-15-3-1-5-17(13-15)22-19(25)7-8-23-9-11-24(12-10-23)18-6-2-4-16(21)14-18/h1-6,13-14H,7-12H2,(H,22,25). The zero-order chi connectivity index (χ0) is 17.6. The van der Waals surface area contributed by atoms with Crippen molar-refractivity contribution in [3.05, 3.63) is 58.6 Å². The number of anilines is 2. The lowest BCUT2D eigenvalue weighted by Crippen LogP contribution is -2.47. The first-order valence-electron chi connectivity index (χ1n) is 8.38. The van der Waals surface area contributed by atoms with E-state index in [4.69, 9.17) is 23.2 Å². The highest BCUT2D eigenvalue weighted by Crippen LogP contribution is 2.21. The highest BCUT2D eigenvalue weighted by Gasteiger charge is 2.18. The number of halogens is 2. The van der Waals surface area contributed by atoms with Crippen LogP contribution in [0.4, 0.5) is 11.4 Å². The molecule has 6 heteroatoms. The Morgan fingerprint density at radius 1 is 0.960 bits per heavy atom. The van der Waals surface area contributed by atoms with Crippen LogP contribution in [0.2, 0.25) is 10.0 Å². The van der Waals surface area contributed by atoms with Gasteiger partial charge in [0.15, 0.2) is 0 Å². The van der Waals surface area contributed by atoms with Gasteiger partial charge < -0.3 is 10.2 Å². The van der Waals surface area contributed by atoms with Crippen LogP contribution in [0.1, 0.15) is 6.42 Å². The number of amides is 1. The van der Waals surface area contributed by atoms with Gasteiger partial charge in [-0.25, -0.2) is 0 Å². The molecule has 0 radical (unpaired) electrons. The van der Waals surface area contributed by atoms with E-state index in [1.54, 1.807) is 12.1 Å². The third kappa shape index (κ3) is 5.36. The molecule has 1 N–H and O–H groups in total. The highest BCUT2D eigenvalue weighted by molar-refractivity contribution is 6.31. The molecule has 1 amide bonds. The molecule has 1 heterocycles. The molecular weight excluding hydrogens is 357 g/mol. The summed E-state index contributed by atoms with van der Waals surface area (Å²) in [6.07, 6.45) is 0.476. The number of piperazine rings is 1. The zero-order valence-electron chi connectivity index (χ0n) is 13.9. The molecule has 0 unspecified atom stereocenters. The Bertz CT molecular complexity index is 730. The summed E-state index contributed by atoms with van der Waals surface area (Å²) in [6.45, 7) is 4.52. The second-order valence-corrected chi connectivity index (χ2v) is 6.99. The Morgan fingerprint density at radius 2 is 1.64 bits per heavy atom. The minimum absolute atomic E-state index is 0.0135. The topological polar surface area (TPSA) is 35.6 Å². The molecule has 1 saturated heterocycles. The second kappa shape index (κ2) is 8.56. The predicted octanol–water partition coefficient (Wildman–Crippen LogP) is 4.14. The molecule has 25 heavy (non-hydrogen) atoms. The highest BCUT2D eigenvalue weighted by atomic mass is 35.5. The third-order valence-electron chi connectivity index (χ3n) is 4.31. The van der Waals surface area contributed by atoms with Gasteiger partial charge in [-0.2, -0.15) is 0 Å². The summed E-state index contributed by atoms with van der Waals surface area (Å²) in [5, 5.41) is 4.27. The van der Waals surface area contributed by atoms with Crippen molar-refractivity contribution in [2.24, 2.45) is 0 Å². The summed E-state index contributed by atoms with van der Waals surface area (Å²) in [4.78, 5) is 16.7. The fraction of sp³-hybridized carbons (Fsp3) is 0.316. The molecule has 3 rings (SSSR count). The number of nitrogens with one attached hydrogen (secondary N) is 1. The molecule has 0 aliphatic carbocycles. The van der Waals surface area contributed by atoms with Gasteiger partial charge in [-0.15, -0.1) is 0 Å². The van der Waals surface area contributed by atoms with Crippen LogP contribution >= 0.6 is 23.2 Å². The van der Waals surface area contributed by atoms with Crippen LogP contribution in [0.25, 0.3) is 0 Å². The molecule has 1 aliphatic heterocycles. The van der Waals surface area contributed by atoms with Gasteiger partial charge in [-0.05, 0) is 36.4 Å². The van der Waals surface area contributed by atoms with Crippen LogP contribution in [0.3, 0.4) is 0 Å². The minimum atomic E-state index is 0.0135. The van der Waals surface area contributed by atoms with E-state index in [9.17, 15) is 4.79 Å². The Hall–Kier alpha value is -1.75. The van der Waals surface area contributed by atoms with E-state index in [1.807, 2.05) is 30.3 Å². The predicted molar refractivity (Wildman–Crippen MR) is 105 cm³/mol. The van der Waals surface area contributed by atoms with Crippen LogP contribution in [-0.4, -0.2) is 43.5 Å². The van der Waals surface area contributed by atoms with E-state index in [2.05, 4.69) is 21.2 Å². The minimum Gasteiger partial charge on any atom is -0.369 e. The molecule has 0 spiro atoms. The van der Waals surface area contributed by atoms with Gasteiger partial charge in [-0.3, -0.25) is 9.69 Å². The molecule has 0 saturated carbocycles. The van der Waals surface area contributed by atoms with Crippen LogP contribution in [0, 0.1) is 0 Å². The average Bonchev–Trinajstić information content (AvgIpc) is 2.60. The van der Waals surface area contributed by atoms with Gasteiger partial charge in [0.2, 0.25) is 5.91 Å². The largest absolute Gasteiger partial charge is 0.369 e. The van der Waals surface area contributed by atoms with Crippen LogP contribution in [-0.2, 0) is 4.79 Å². The van der Waals surface area contributed by atoms with E-state index >= 15 is 0 Å². The summed E-state index contributed by atoms with van der Waals surface area (Å²) < 4.78 is 0. The first-order valence-corrected chi connectivity index (χ1v) is 9.14. The molecule has 0 bridgehead atoms. The maximum atomic E-state index is 12.1. The lowest BCUT2D eigenvalue weighted by molar-refractivity contribution is -0.116. The van der Waals surface area contributed by atoms with E-state index in [0.29, 0.717) is 11.4 Å². The van der Waals surface area contributed by atoms with Crippen LogP contribution in [0.5, 0.6) is 0 Å². The normalized spacial score (nSPS) is 15.2. The smallest absolute Gasteiger partial charge is 0.225 e. The first-order chi connectivity index (χ1) is 12.1. The molecule has 2 aromatic carbocycles. The zero-order valence-corrected chi connectivity index (χ0v) is 15.4. The van der Waals surface area contributed by atoms with Gasteiger partial charge in [0.1, 0.15) is 0 Å². The number of benzene rings is 2. The SMILES string of the molecule is O=C(CCN1CCN(c2cccc(Cl)c2)CC1)Nc1cccc(Cl)c1. The Balaban J connectivity index is 1.42. The van der Waals surface area contributed by atoms with Crippen molar-refractivity contribution in [3.63, 3.8) is 0 Å². The van der Waals surface area contributed by atoms with Gasteiger partial charge in [0.05, 0.1) is 0 Å². The average molecular weight is 378 g/mol. The number of hydrogen-bond donors (Lipinski definition) is 1. The monoisotopic (exact) mass is 377 g/mol. The van der Waals surface area contributed by atoms with E-state index in [1.165, 1.54) is 0 Å². The lowest BCUT2D eigenvalue weighted by atomic mass is 10.2. The summed E-state index contributed by atoms with van der Waals surface area (Å²) in [6, 6.07) is 15.2. The van der Waals surface area contributed by atoms with Crippen molar-refractivity contribution in [2.45, 2.75) is 6.42 Å². The first kappa shape index (κ1) is 18.1. The van der Waals surface area contributed by atoms with Crippen molar-refractivity contribution < 1.29 is 4.79 Å². The van der Waals surface area contributed by atoms with Gasteiger partial charge in [0.25, 0.3) is 0 Å². The molecule has 1 aliphatic rings. The molecule has 1 fully saturated rings. The number of hydrogen-bond acceptors (Lipinski definition) is 3. The Labute approximate surface area is 158 Å². The van der Waals surface area contributed by atoms with Gasteiger partial charge >= 0.3 is 0 Å². The number of carbonyl (C=O) groups excluding carboxylic acids is 1. The molecule has 132 valence electrons. The maximum absolute atomic E-state index is 12.1. The molecule has 0 aromatic heterocycles. The summed E-state index contributed by atoms with van der Waals surface area (Å²) in [5.74, 6) is 0.0135. The quantitative estimate of drug-likeness (QED) is 0.849. The van der Waals surface area contributed by atoms with Crippen LogP contribution in [0.15, 0.2) is 48.5 Å². The van der Waals surface area contributed by atoms with Gasteiger partial charge in [0, 0.05) is 60.6 Å². The summed E-state index contributed by atoms with van der Waals surface area (Å²) in [7, 11) is 0. The lowest BCUT2D eigenvalue weighted by Gasteiger charge is -2.36. The summed E-state index contributed by atoms with van der Waals surface area (Å²) in [5.41, 5.74) is 1.90. The van der Waals surface area contributed by atoms with Crippen molar-refractivity contribution >= 4 is 40.5 Å². The molecule has 4 nitrogen and oxygen atoms in total. The maximum Gasteiger partial charge on any atom is 0.225 e. The molecule has 0 atom stereocenters. The van der Waals surface area contributed by atoms with E-state index in [0.717, 1.165) is 49.1 Å². The Morgan fingerprint density at radius 3 is 2.32 bits per heavy atom. The second-order valence-electron chi connectivity index (χ2n) is 6.12. The molecule has 2 aromatic rings. The van der Waals surface area contributed by atoms with Crippen molar-refractivity contribution in [2.75, 3.05) is 42.9 Å². The summed E-state index contributed by atoms with van der Waals surface area (Å²) >= 11 is 12.0. The van der Waals surface area contributed by atoms with Crippen molar-refractivity contribution in [3.8, 4) is 0 Å². The van der Waals surface area contributed by atoms with E-state index < -0.39 is 0 Å². The fourth-order valence-corrected chi connectivity index (χ4v) is 3.33. The van der Waals surface area contributed by atoms with Gasteiger partial charge in [-0.1, -0.05) is 35.3 Å². The third-order valence-corrected chi connectivity index (χ3v) is 4.78. The number of nitrogens with zero attached hydrogens (tertiary/aromatic N) is 2. The fourth-order valence-electron chi connectivity index (χ4n) is 2.95.